The molecule has 3 aromatic heterocycles. The smallest absolute Gasteiger partial charge is 0.239 e. The quantitative estimate of drug-likeness (QED) is 0.310. The molecule has 47 heavy (non-hydrogen) atoms. The summed E-state index contributed by atoms with van der Waals surface area (Å²) < 4.78 is 15.2. The van der Waals surface area contributed by atoms with E-state index in [1.165, 1.54) is 12.1 Å². The van der Waals surface area contributed by atoms with Crippen molar-refractivity contribution in [1.82, 2.24) is 34.5 Å². The molecule has 11 nitrogen and oxygen atoms in total. The van der Waals surface area contributed by atoms with E-state index < -0.39 is 5.41 Å². The minimum atomic E-state index is -0.525. The average molecular weight is 652 g/mol. The van der Waals surface area contributed by atoms with Crippen molar-refractivity contribution in [1.29, 1.82) is 0 Å². The maximum Gasteiger partial charge on any atom is 0.239 e. The summed E-state index contributed by atoms with van der Waals surface area (Å²) in [5, 5.41) is 5.31. The van der Waals surface area contributed by atoms with Gasteiger partial charge in [-0.25, -0.2) is 19.3 Å². The number of carbonyl (C=O) groups is 2. The topological polar surface area (TPSA) is 113 Å². The van der Waals surface area contributed by atoms with Crippen LogP contribution in [0.4, 0.5) is 10.2 Å². The Kier molecular flexibility index (Phi) is 7.32. The second-order valence-corrected chi connectivity index (χ2v) is 13.8. The molecule has 1 spiro atoms. The van der Waals surface area contributed by atoms with Gasteiger partial charge in [0.25, 0.3) is 0 Å². The molecule has 0 aliphatic carbocycles. The number of carbonyl (C=O) groups excluding carboxylic acids is 2. The number of nitrogens with zero attached hydrogens (tertiary/aromatic N) is 9. The average Bonchev–Trinajstić information content (AvgIpc) is 3.93. The standard InChI is InChI=1S/C34H34FN9O2S/c1-21(32(45)42-13-9-23(10-14-42)31-37-18-26(47-31)30-38-20-41(2)40-30)43-15-11-34(19-43)12-16-44(33(34)46)27-8-5-24-17-36-28(29(24)39-27)22-3-6-25(35)7-4-22/h3-9,18,20-21H,10-17,19H2,1-2H3/t21?,34-/m0/s1. The highest BCUT2D eigenvalue weighted by Gasteiger charge is 2.52. The van der Waals surface area contributed by atoms with Crippen LogP contribution in [0.2, 0.25) is 0 Å². The Labute approximate surface area is 275 Å². The number of rotatable bonds is 6. The van der Waals surface area contributed by atoms with Gasteiger partial charge in [0.15, 0.2) is 5.82 Å². The number of fused-ring (bicyclic) bond motifs is 1. The predicted molar refractivity (Wildman–Crippen MR) is 176 cm³/mol. The zero-order valence-electron chi connectivity index (χ0n) is 26.3. The molecule has 7 heterocycles. The van der Waals surface area contributed by atoms with Gasteiger partial charge in [-0.3, -0.25) is 29.1 Å². The Hall–Kier alpha value is -4.62. The van der Waals surface area contributed by atoms with Crippen LogP contribution in [0, 0.1) is 11.2 Å². The highest BCUT2D eigenvalue weighted by Crippen LogP contribution is 2.43. The first-order chi connectivity index (χ1) is 22.8. The van der Waals surface area contributed by atoms with E-state index in [4.69, 9.17) is 4.98 Å². The van der Waals surface area contributed by atoms with E-state index in [9.17, 15) is 14.0 Å². The number of amides is 2. The molecule has 2 amide bonds. The lowest BCUT2D eigenvalue weighted by Crippen LogP contribution is -2.48. The maximum atomic E-state index is 14.0. The van der Waals surface area contributed by atoms with Crippen LogP contribution in [0.1, 0.15) is 48.0 Å². The summed E-state index contributed by atoms with van der Waals surface area (Å²) in [7, 11) is 1.84. The highest BCUT2D eigenvalue weighted by atomic mass is 32.1. The lowest BCUT2D eigenvalue weighted by Gasteiger charge is -2.32. The molecular weight excluding hydrogens is 618 g/mol. The van der Waals surface area contributed by atoms with E-state index in [1.54, 1.807) is 39.4 Å². The number of likely N-dealkylation sites (tertiary alicyclic amines) is 1. The minimum absolute atomic E-state index is 0.0691. The SMILES string of the molecule is CC(C(=O)N1CC=C(c2ncc(-c3ncn(C)n3)s2)CC1)N1CC[C@]2(CCN(c3ccc4c(n3)C(c3ccc(F)cc3)=NC4)C2=O)C1. The van der Waals surface area contributed by atoms with E-state index in [1.807, 2.05) is 37.2 Å². The van der Waals surface area contributed by atoms with Crippen LogP contribution in [0.25, 0.3) is 16.3 Å². The number of benzene rings is 1. The fourth-order valence-corrected chi connectivity index (χ4v) is 8.07. The molecule has 8 rings (SSSR count). The normalized spacial score (nSPS) is 21.8. The number of aliphatic imine (C=N–C) groups is 1. The largest absolute Gasteiger partial charge is 0.337 e. The molecule has 13 heteroatoms. The molecule has 0 bridgehead atoms. The van der Waals surface area contributed by atoms with Crippen LogP contribution in [-0.2, 0) is 23.2 Å². The molecule has 1 aromatic carbocycles. The maximum absolute atomic E-state index is 14.0. The zero-order valence-corrected chi connectivity index (χ0v) is 27.1. The van der Waals surface area contributed by atoms with E-state index in [0.29, 0.717) is 50.9 Å². The molecule has 4 aliphatic heterocycles. The summed E-state index contributed by atoms with van der Waals surface area (Å²) in [6, 6.07) is 9.83. The van der Waals surface area contributed by atoms with E-state index in [2.05, 4.69) is 31.0 Å². The third-order valence-electron chi connectivity index (χ3n) is 9.91. The van der Waals surface area contributed by atoms with Crippen molar-refractivity contribution < 1.29 is 14.0 Å². The van der Waals surface area contributed by atoms with Crippen molar-refractivity contribution in [2.45, 2.75) is 38.8 Å². The van der Waals surface area contributed by atoms with Gasteiger partial charge in [-0.05, 0) is 62.1 Å². The molecule has 4 aliphatic rings. The number of halogens is 1. The van der Waals surface area contributed by atoms with Crippen LogP contribution in [0.15, 0.2) is 60.0 Å². The summed E-state index contributed by atoms with van der Waals surface area (Å²) >= 11 is 1.57. The van der Waals surface area contributed by atoms with Crippen LogP contribution in [-0.4, -0.2) is 90.8 Å². The summed E-state index contributed by atoms with van der Waals surface area (Å²) in [6.07, 6.45) is 7.76. The Morgan fingerprint density at radius 1 is 1.06 bits per heavy atom. The summed E-state index contributed by atoms with van der Waals surface area (Å²) in [6.45, 7) is 5.47. The van der Waals surface area contributed by atoms with Crippen LogP contribution >= 0.6 is 11.3 Å². The Balaban J connectivity index is 0.911. The van der Waals surface area contributed by atoms with Gasteiger partial charge >= 0.3 is 0 Å². The van der Waals surface area contributed by atoms with Crippen molar-refractivity contribution in [2.75, 3.05) is 37.6 Å². The summed E-state index contributed by atoms with van der Waals surface area (Å²) in [4.78, 5) is 52.9. The molecule has 4 aromatic rings. The van der Waals surface area contributed by atoms with Gasteiger partial charge < -0.3 is 4.90 Å². The molecule has 2 saturated heterocycles. The second kappa shape index (κ2) is 11.6. The van der Waals surface area contributed by atoms with Gasteiger partial charge in [0.05, 0.1) is 34.3 Å². The zero-order chi connectivity index (χ0) is 32.3. The first-order valence-electron chi connectivity index (χ1n) is 15.9. The number of aromatic nitrogens is 5. The fourth-order valence-electron chi connectivity index (χ4n) is 7.15. The van der Waals surface area contributed by atoms with Gasteiger partial charge in [-0.15, -0.1) is 11.3 Å². The first-order valence-corrected chi connectivity index (χ1v) is 16.8. The van der Waals surface area contributed by atoms with E-state index in [-0.39, 0.29) is 23.7 Å². The van der Waals surface area contributed by atoms with Gasteiger partial charge in [0.2, 0.25) is 11.8 Å². The highest BCUT2D eigenvalue weighted by molar-refractivity contribution is 7.16. The first kappa shape index (κ1) is 29.8. The van der Waals surface area contributed by atoms with Crippen LogP contribution in [0.3, 0.4) is 0 Å². The monoisotopic (exact) mass is 651 g/mol. The lowest BCUT2D eigenvalue weighted by atomic mass is 9.85. The van der Waals surface area contributed by atoms with Crippen LogP contribution < -0.4 is 4.90 Å². The molecule has 2 fully saturated rings. The van der Waals surface area contributed by atoms with Crippen molar-refractivity contribution in [3.05, 3.63) is 82.6 Å². The predicted octanol–water partition coefficient (Wildman–Crippen LogP) is 3.96. The number of pyridine rings is 1. The number of anilines is 1. The van der Waals surface area contributed by atoms with Crippen molar-refractivity contribution in [3.63, 3.8) is 0 Å². The number of hydrogen-bond donors (Lipinski definition) is 0. The molecule has 0 saturated carbocycles. The van der Waals surface area contributed by atoms with Gasteiger partial charge in [-0.2, -0.15) is 5.10 Å². The van der Waals surface area contributed by atoms with E-state index in [0.717, 1.165) is 57.3 Å². The van der Waals surface area contributed by atoms with E-state index >= 15 is 0 Å². The van der Waals surface area contributed by atoms with Gasteiger partial charge in [0.1, 0.15) is 23.0 Å². The van der Waals surface area contributed by atoms with Gasteiger partial charge in [-0.1, -0.05) is 12.1 Å². The molecule has 240 valence electrons. The molecule has 0 N–H and O–H groups in total. The fraction of sp³-hybridized carbons (Fsp3) is 0.382. The Morgan fingerprint density at radius 3 is 2.66 bits per heavy atom. The molecule has 2 atom stereocenters. The molecule has 1 unspecified atom stereocenters. The van der Waals surface area contributed by atoms with Crippen LogP contribution in [0.5, 0.6) is 0 Å². The number of aryl methyl sites for hydroxylation is 1. The lowest BCUT2D eigenvalue weighted by molar-refractivity contribution is -0.136. The number of thiazole rings is 1. The van der Waals surface area contributed by atoms with Crippen molar-refractivity contribution in [3.8, 4) is 10.7 Å². The third-order valence-corrected chi connectivity index (χ3v) is 11.0. The van der Waals surface area contributed by atoms with Crippen molar-refractivity contribution in [2.24, 2.45) is 17.5 Å². The molecule has 0 radical (unpaired) electrons. The Bertz CT molecular complexity index is 1950. The van der Waals surface area contributed by atoms with Crippen molar-refractivity contribution >= 4 is 40.3 Å². The Morgan fingerprint density at radius 2 is 1.89 bits per heavy atom. The minimum Gasteiger partial charge on any atom is -0.337 e. The second-order valence-electron chi connectivity index (χ2n) is 12.8. The summed E-state index contributed by atoms with van der Waals surface area (Å²) in [5.74, 6) is 1.14. The molecular formula is C34H34FN9O2S. The number of hydrogen-bond acceptors (Lipinski definition) is 9. The summed E-state index contributed by atoms with van der Waals surface area (Å²) in [5.41, 5.74) is 3.88. The van der Waals surface area contributed by atoms with Gasteiger partial charge in [0, 0.05) is 57.1 Å². The third kappa shape index (κ3) is 5.27.